The van der Waals surface area contributed by atoms with Crippen molar-refractivity contribution in [2.45, 2.75) is 32.7 Å². The topological polar surface area (TPSA) is 59.8 Å². The summed E-state index contributed by atoms with van der Waals surface area (Å²) in [6, 6.07) is 5.90. The van der Waals surface area contributed by atoms with Crippen molar-refractivity contribution in [3.05, 3.63) is 48.0 Å². The molecule has 0 atom stereocenters. The maximum atomic E-state index is 12.1. The summed E-state index contributed by atoms with van der Waals surface area (Å²) in [4.78, 5) is 16.1. The summed E-state index contributed by atoms with van der Waals surface area (Å²) in [5.41, 5.74) is 1.80. The molecule has 1 amide bonds. The molecule has 0 saturated carbocycles. The van der Waals surface area contributed by atoms with Crippen molar-refractivity contribution in [3.63, 3.8) is 0 Å². The number of carbonyl (C=O) groups is 1. The first-order valence-electron chi connectivity index (χ1n) is 6.89. The Morgan fingerprint density at radius 2 is 2.20 bits per heavy atom. The zero-order chi connectivity index (χ0) is 14.4. The summed E-state index contributed by atoms with van der Waals surface area (Å²) < 4.78 is 1.73. The molecule has 0 radical (unpaired) electrons. The lowest BCUT2D eigenvalue weighted by molar-refractivity contribution is 0.0940. The van der Waals surface area contributed by atoms with Crippen LogP contribution in [0.15, 0.2) is 36.8 Å². The van der Waals surface area contributed by atoms with Crippen LogP contribution >= 0.6 is 0 Å². The van der Waals surface area contributed by atoms with Crippen LogP contribution in [0.1, 0.15) is 42.4 Å². The smallest absolute Gasteiger partial charge is 0.269 e. The number of aromatic nitrogens is 3. The van der Waals surface area contributed by atoms with E-state index in [0.717, 1.165) is 12.8 Å². The van der Waals surface area contributed by atoms with E-state index in [9.17, 15) is 4.79 Å². The molecule has 0 aliphatic carbocycles. The number of hydrogen-bond acceptors (Lipinski definition) is 3. The van der Waals surface area contributed by atoms with E-state index in [1.165, 1.54) is 5.56 Å². The highest BCUT2D eigenvalue weighted by Gasteiger charge is 2.13. The van der Waals surface area contributed by atoms with E-state index in [2.05, 4.69) is 15.4 Å². The highest BCUT2D eigenvalue weighted by Crippen LogP contribution is 2.07. The number of pyridine rings is 1. The Labute approximate surface area is 119 Å². The highest BCUT2D eigenvalue weighted by atomic mass is 16.2. The molecule has 0 unspecified atom stereocenters. The van der Waals surface area contributed by atoms with E-state index >= 15 is 0 Å². The van der Waals surface area contributed by atoms with Crippen LogP contribution in [0.25, 0.3) is 0 Å². The molecule has 0 spiro atoms. The Morgan fingerprint density at radius 1 is 1.35 bits per heavy atom. The third kappa shape index (κ3) is 3.66. The number of hydrogen-bond donors (Lipinski definition) is 1. The van der Waals surface area contributed by atoms with Crippen molar-refractivity contribution in [2.24, 2.45) is 0 Å². The quantitative estimate of drug-likeness (QED) is 0.820. The molecule has 2 aromatic rings. The van der Waals surface area contributed by atoms with Crippen LogP contribution in [-0.2, 0) is 6.42 Å². The lowest BCUT2D eigenvalue weighted by atomic mass is 10.1. The molecule has 5 nitrogen and oxygen atoms in total. The van der Waals surface area contributed by atoms with Gasteiger partial charge >= 0.3 is 0 Å². The van der Waals surface area contributed by atoms with Crippen LogP contribution in [0.4, 0.5) is 0 Å². The first-order chi connectivity index (χ1) is 9.68. The minimum atomic E-state index is -0.0672. The van der Waals surface area contributed by atoms with E-state index in [4.69, 9.17) is 0 Å². The van der Waals surface area contributed by atoms with Crippen LogP contribution in [0.3, 0.4) is 0 Å². The van der Waals surface area contributed by atoms with Crippen molar-refractivity contribution in [1.29, 1.82) is 0 Å². The predicted molar refractivity (Wildman–Crippen MR) is 77.5 cm³/mol. The molecular weight excluding hydrogens is 252 g/mol. The van der Waals surface area contributed by atoms with Gasteiger partial charge in [0, 0.05) is 31.2 Å². The van der Waals surface area contributed by atoms with Gasteiger partial charge in [0.15, 0.2) is 0 Å². The van der Waals surface area contributed by atoms with E-state index in [0.29, 0.717) is 12.2 Å². The summed E-state index contributed by atoms with van der Waals surface area (Å²) in [6.07, 6.45) is 7.09. The van der Waals surface area contributed by atoms with Crippen LogP contribution in [0.5, 0.6) is 0 Å². The summed E-state index contributed by atoms with van der Waals surface area (Å²) in [5.74, 6) is -0.0672. The fourth-order valence-electron chi connectivity index (χ4n) is 2.04. The first-order valence-corrected chi connectivity index (χ1v) is 6.89. The van der Waals surface area contributed by atoms with E-state index in [1.54, 1.807) is 23.1 Å². The summed E-state index contributed by atoms with van der Waals surface area (Å²) in [7, 11) is 0. The molecule has 0 aliphatic rings. The first kappa shape index (κ1) is 14.2. The highest BCUT2D eigenvalue weighted by molar-refractivity contribution is 5.92. The van der Waals surface area contributed by atoms with Crippen LogP contribution < -0.4 is 5.32 Å². The van der Waals surface area contributed by atoms with Crippen LogP contribution in [0.2, 0.25) is 0 Å². The van der Waals surface area contributed by atoms with Gasteiger partial charge in [-0.2, -0.15) is 5.10 Å². The maximum Gasteiger partial charge on any atom is 0.269 e. The molecule has 0 aliphatic heterocycles. The maximum absolute atomic E-state index is 12.1. The van der Waals surface area contributed by atoms with Crippen molar-refractivity contribution in [1.82, 2.24) is 20.1 Å². The minimum Gasteiger partial charge on any atom is -0.351 e. The Kier molecular flexibility index (Phi) is 4.87. The summed E-state index contributed by atoms with van der Waals surface area (Å²) in [6.45, 7) is 4.66. The fraction of sp³-hybridized carbons (Fsp3) is 0.400. The third-order valence-electron chi connectivity index (χ3n) is 3.04. The standard InChI is InChI=1S/C15H20N4O/c1-12(2)19-14(7-10-18-19)15(20)17-9-4-6-13-5-3-8-16-11-13/h3,5,7-8,10-12H,4,6,9H2,1-2H3,(H,17,20). The van der Waals surface area contributed by atoms with E-state index in [1.807, 2.05) is 32.2 Å². The zero-order valence-electron chi connectivity index (χ0n) is 11.9. The number of amides is 1. The van der Waals surface area contributed by atoms with Crippen LogP contribution in [-0.4, -0.2) is 27.2 Å². The molecular formula is C15H20N4O. The molecule has 2 rings (SSSR count). The Balaban J connectivity index is 1.79. The van der Waals surface area contributed by atoms with Gasteiger partial charge in [-0.1, -0.05) is 6.07 Å². The van der Waals surface area contributed by atoms with Gasteiger partial charge in [0.25, 0.3) is 5.91 Å². The molecule has 2 aromatic heterocycles. The molecule has 1 N–H and O–H groups in total. The van der Waals surface area contributed by atoms with Gasteiger partial charge in [0.2, 0.25) is 0 Å². The van der Waals surface area contributed by atoms with Gasteiger partial charge in [-0.3, -0.25) is 14.5 Å². The molecule has 20 heavy (non-hydrogen) atoms. The Bertz CT molecular complexity index is 548. The van der Waals surface area contributed by atoms with E-state index in [-0.39, 0.29) is 11.9 Å². The van der Waals surface area contributed by atoms with Crippen LogP contribution in [0, 0.1) is 0 Å². The monoisotopic (exact) mass is 272 g/mol. The average Bonchev–Trinajstić information content (AvgIpc) is 2.94. The van der Waals surface area contributed by atoms with Gasteiger partial charge in [-0.05, 0) is 44.4 Å². The van der Waals surface area contributed by atoms with Gasteiger partial charge in [-0.15, -0.1) is 0 Å². The largest absolute Gasteiger partial charge is 0.351 e. The van der Waals surface area contributed by atoms with Gasteiger partial charge in [0.1, 0.15) is 5.69 Å². The number of aryl methyl sites for hydroxylation is 1. The molecule has 0 saturated heterocycles. The second-order valence-electron chi connectivity index (χ2n) is 4.98. The lowest BCUT2D eigenvalue weighted by Gasteiger charge is -2.11. The van der Waals surface area contributed by atoms with Gasteiger partial charge in [-0.25, -0.2) is 0 Å². The number of nitrogens with zero attached hydrogens (tertiary/aromatic N) is 3. The average molecular weight is 272 g/mol. The Hall–Kier alpha value is -2.17. The number of carbonyl (C=O) groups excluding carboxylic acids is 1. The molecule has 5 heteroatoms. The SMILES string of the molecule is CC(C)n1nccc1C(=O)NCCCc1cccnc1. The second-order valence-corrected chi connectivity index (χ2v) is 4.98. The lowest BCUT2D eigenvalue weighted by Crippen LogP contribution is -2.27. The normalized spacial score (nSPS) is 10.8. The van der Waals surface area contributed by atoms with Gasteiger partial charge in [0.05, 0.1) is 0 Å². The van der Waals surface area contributed by atoms with Gasteiger partial charge < -0.3 is 5.32 Å². The Morgan fingerprint density at radius 3 is 2.90 bits per heavy atom. The fourth-order valence-corrected chi connectivity index (χ4v) is 2.04. The van der Waals surface area contributed by atoms with Crippen molar-refractivity contribution in [3.8, 4) is 0 Å². The summed E-state index contributed by atoms with van der Waals surface area (Å²) in [5, 5.41) is 7.09. The van der Waals surface area contributed by atoms with Crippen molar-refractivity contribution in [2.75, 3.05) is 6.54 Å². The molecule has 2 heterocycles. The molecule has 0 bridgehead atoms. The van der Waals surface area contributed by atoms with E-state index < -0.39 is 0 Å². The predicted octanol–water partition coefficient (Wildman–Crippen LogP) is 2.22. The second kappa shape index (κ2) is 6.84. The number of rotatable bonds is 6. The van der Waals surface area contributed by atoms with Crippen molar-refractivity contribution >= 4 is 5.91 Å². The zero-order valence-corrected chi connectivity index (χ0v) is 11.9. The number of nitrogens with one attached hydrogen (secondary N) is 1. The molecule has 106 valence electrons. The summed E-state index contributed by atoms with van der Waals surface area (Å²) >= 11 is 0. The molecule has 0 aromatic carbocycles. The minimum absolute atomic E-state index is 0.0672. The molecule has 0 fully saturated rings. The van der Waals surface area contributed by atoms with Crippen molar-refractivity contribution < 1.29 is 4.79 Å². The third-order valence-corrected chi connectivity index (χ3v) is 3.04.